The molecule has 186 valence electrons. The normalized spacial score (nSPS) is 14.8. The lowest BCUT2D eigenvalue weighted by molar-refractivity contribution is -0.144. The van der Waals surface area contributed by atoms with Gasteiger partial charge >= 0.3 is 5.97 Å². The van der Waals surface area contributed by atoms with Crippen molar-refractivity contribution < 1.29 is 24.3 Å². The van der Waals surface area contributed by atoms with Gasteiger partial charge in [0.25, 0.3) is 0 Å². The van der Waals surface area contributed by atoms with Crippen molar-refractivity contribution in [2.45, 2.75) is 58.7 Å². The summed E-state index contributed by atoms with van der Waals surface area (Å²) in [7, 11) is 0. The van der Waals surface area contributed by atoms with Crippen LogP contribution in [0.3, 0.4) is 0 Å². The summed E-state index contributed by atoms with van der Waals surface area (Å²) in [6.45, 7) is 6.78. The molecule has 7 N–H and O–H groups in total. The number of aliphatic carboxylic acids is 1. The van der Waals surface area contributed by atoms with E-state index in [4.69, 9.17) is 5.73 Å². The van der Waals surface area contributed by atoms with Crippen molar-refractivity contribution in [2.75, 3.05) is 6.54 Å². The van der Waals surface area contributed by atoms with E-state index in [2.05, 4.69) is 20.9 Å². The van der Waals surface area contributed by atoms with Crippen molar-refractivity contribution in [3.8, 4) is 0 Å². The first-order valence-corrected chi connectivity index (χ1v) is 11.5. The lowest BCUT2D eigenvalue weighted by Crippen LogP contribution is -2.58. The molecule has 0 spiro atoms. The monoisotopic (exact) mass is 473 g/mol. The van der Waals surface area contributed by atoms with Crippen molar-refractivity contribution in [3.05, 3.63) is 36.0 Å². The number of benzene rings is 1. The Morgan fingerprint density at radius 1 is 1.00 bits per heavy atom. The second-order valence-electron chi connectivity index (χ2n) is 8.83. The number of hydrogen-bond donors (Lipinski definition) is 6. The minimum atomic E-state index is -1.14. The largest absolute Gasteiger partial charge is 0.480 e. The zero-order valence-electron chi connectivity index (χ0n) is 20.1. The number of aromatic amines is 1. The van der Waals surface area contributed by atoms with Crippen LogP contribution in [0.1, 0.15) is 39.7 Å². The van der Waals surface area contributed by atoms with Gasteiger partial charge in [-0.2, -0.15) is 0 Å². The second-order valence-corrected chi connectivity index (χ2v) is 8.83. The molecule has 1 aromatic carbocycles. The van der Waals surface area contributed by atoms with E-state index in [9.17, 15) is 24.3 Å². The number of nitrogens with one attached hydrogen (secondary N) is 4. The molecule has 34 heavy (non-hydrogen) atoms. The van der Waals surface area contributed by atoms with Crippen LogP contribution >= 0.6 is 0 Å². The van der Waals surface area contributed by atoms with Gasteiger partial charge in [-0.15, -0.1) is 0 Å². The third-order valence-corrected chi connectivity index (χ3v) is 5.96. The van der Waals surface area contributed by atoms with Gasteiger partial charge in [0.05, 0.1) is 6.54 Å². The van der Waals surface area contributed by atoms with Gasteiger partial charge in [-0.3, -0.25) is 14.4 Å². The van der Waals surface area contributed by atoms with Gasteiger partial charge in [0.2, 0.25) is 17.7 Å². The number of carbonyl (C=O) groups is 4. The average molecular weight is 474 g/mol. The Kier molecular flexibility index (Phi) is 9.61. The van der Waals surface area contributed by atoms with Crippen LogP contribution in [0.25, 0.3) is 10.9 Å². The number of carboxylic acid groups (broad SMARTS) is 1. The molecule has 3 amide bonds. The average Bonchev–Trinajstić information content (AvgIpc) is 3.21. The summed E-state index contributed by atoms with van der Waals surface area (Å²) in [5.41, 5.74) is 7.15. The number of nitrogens with two attached hydrogens (primary N) is 1. The Bertz CT molecular complexity index is 1020. The molecule has 2 rings (SSSR count). The van der Waals surface area contributed by atoms with Gasteiger partial charge in [-0.1, -0.05) is 52.3 Å². The number of fused-ring (bicyclic) bond motifs is 1. The standard InChI is InChI=1S/C24H35N5O5/c1-5-14(4)21(24(33)34)29-23(32)20(13(2)3)28-22(31)18(27-19(30)11-25)10-15-12-26-17-9-7-6-8-16(15)17/h6-9,12-14,18,20-21,26H,5,10-11,25H2,1-4H3,(H,27,30)(H,28,31)(H,29,32)(H,33,34). The second kappa shape index (κ2) is 12.2. The molecule has 0 aliphatic heterocycles. The van der Waals surface area contributed by atoms with E-state index in [1.54, 1.807) is 27.0 Å². The first-order chi connectivity index (χ1) is 16.1. The van der Waals surface area contributed by atoms with Gasteiger partial charge in [0, 0.05) is 23.5 Å². The van der Waals surface area contributed by atoms with E-state index >= 15 is 0 Å². The highest BCUT2D eigenvalue weighted by Gasteiger charge is 2.33. The summed E-state index contributed by atoms with van der Waals surface area (Å²) in [5.74, 6) is -3.40. The van der Waals surface area contributed by atoms with E-state index < -0.39 is 41.8 Å². The van der Waals surface area contributed by atoms with Crippen LogP contribution in [0.4, 0.5) is 0 Å². The Balaban J connectivity index is 2.23. The fourth-order valence-electron chi connectivity index (χ4n) is 3.70. The number of hydrogen-bond acceptors (Lipinski definition) is 5. The van der Waals surface area contributed by atoms with Crippen LogP contribution in [0.15, 0.2) is 30.5 Å². The maximum Gasteiger partial charge on any atom is 0.326 e. The van der Waals surface area contributed by atoms with Crippen molar-refractivity contribution in [1.29, 1.82) is 0 Å². The lowest BCUT2D eigenvalue weighted by Gasteiger charge is -2.28. The minimum Gasteiger partial charge on any atom is -0.480 e. The number of amides is 3. The van der Waals surface area contributed by atoms with Crippen molar-refractivity contribution in [3.63, 3.8) is 0 Å². The molecule has 0 radical (unpaired) electrons. The molecular weight excluding hydrogens is 438 g/mol. The molecule has 0 aliphatic carbocycles. The molecule has 2 aromatic rings. The number of aromatic nitrogens is 1. The van der Waals surface area contributed by atoms with E-state index in [-0.39, 0.29) is 24.8 Å². The smallest absolute Gasteiger partial charge is 0.326 e. The maximum atomic E-state index is 13.2. The topological polar surface area (TPSA) is 166 Å². The summed E-state index contributed by atoms with van der Waals surface area (Å²) < 4.78 is 0. The summed E-state index contributed by atoms with van der Waals surface area (Å²) in [5, 5.41) is 18.3. The molecule has 4 atom stereocenters. The zero-order valence-corrected chi connectivity index (χ0v) is 20.1. The molecule has 4 unspecified atom stereocenters. The van der Waals surface area contributed by atoms with E-state index in [0.717, 1.165) is 16.5 Å². The Morgan fingerprint density at radius 3 is 2.24 bits per heavy atom. The molecule has 1 aromatic heterocycles. The quantitative estimate of drug-likeness (QED) is 0.268. The van der Waals surface area contributed by atoms with Crippen molar-refractivity contribution >= 4 is 34.6 Å². The van der Waals surface area contributed by atoms with Crippen LogP contribution in [0.5, 0.6) is 0 Å². The third kappa shape index (κ3) is 6.80. The van der Waals surface area contributed by atoms with Gasteiger partial charge in [-0.25, -0.2) is 4.79 Å². The Labute approximate surface area is 199 Å². The highest BCUT2D eigenvalue weighted by Crippen LogP contribution is 2.19. The van der Waals surface area contributed by atoms with Crippen molar-refractivity contribution in [2.24, 2.45) is 17.6 Å². The molecule has 0 fully saturated rings. The SMILES string of the molecule is CCC(C)C(NC(=O)C(NC(=O)C(Cc1c[nH]c2ccccc12)NC(=O)CN)C(C)C)C(=O)O. The number of rotatable bonds is 12. The first kappa shape index (κ1) is 26.8. The number of H-pyrrole nitrogens is 1. The van der Waals surface area contributed by atoms with E-state index in [1.807, 2.05) is 31.2 Å². The molecular formula is C24H35N5O5. The lowest BCUT2D eigenvalue weighted by atomic mass is 9.97. The van der Waals surface area contributed by atoms with Gasteiger partial charge in [-0.05, 0) is 23.5 Å². The molecule has 0 saturated carbocycles. The highest BCUT2D eigenvalue weighted by molar-refractivity contribution is 5.94. The summed E-state index contributed by atoms with van der Waals surface area (Å²) in [6.07, 6.45) is 2.52. The first-order valence-electron chi connectivity index (χ1n) is 11.5. The molecule has 0 saturated heterocycles. The van der Waals surface area contributed by atoms with Crippen LogP contribution in [-0.2, 0) is 25.6 Å². The van der Waals surface area contributed by atoms with Gasteiger partial charge in [0.15, 0.2) is 0 Å². The van der Waals surface area contributed by atoms with Crippen molar-refractivity contribution in [1.82, 2.24) is 20.9 Å². The molecule has 1 heterocycles. The number of para-hydroxylation sites is 1. The molecule has 0 aliphatic rings. The predicted molar refractivity (Wildman–Crippen MR) is 129 cm³/mol. The molecule has 10 nitrogen and oxygen atoms in total. The predicted octanol–water partition coefficient (Wildman–Crippen LogP) is 0.910. The van der Waals surface area contributed by atoms with Gasteiger partial charge in [0.1, 0.15) is 18.1 Å². The highest BCUT2D eigenvalue weighted by atomic mass is 16.4. The third-order valence-electron chi connectivity index (χ3n) is 5.96. The maximum absolute atomic E-state index is 13.2. The van der Waals surface area contributed by atoms with Crippen LogP contribution in [-0.4, -0.2) is 58.5 Å². The van der Waals surface area contributed by atoms with Gasteiger partial charge < -0.3 is 31.8 Å². The van der Waals surface area contributed by atoms with E-state index in [1.165, 1.54) is 0 Å². The Hall–Kier alpha value is -3.40. The van der Waals surface area contributed by atoms with Crippen LogP contribution in [0, 0.1) is 11.8 Å². The molecule has 10 heteroatoms. The van der Waals surface area contributed by atoms with Crippen LogP contribution in [0.2, 0.25) is 0 Å². The van der Waals surface area contributed by atoms with Crippen LogP contribution < -0.4 is 21.7 Å². The summed E-state index contributed by atoms with van der Waals surface area (Å²) >= 11 is 0. The Morgan fingerprint density at radius 2 is 1.65 bits per heavy atom. The number of carboxylic acids is 1. The minimum absolute atomic E-state index is 0.179. The summed E-state index contributed by atoms with van der Waals surface area (Å²) in [6, 6.07) is 4.54. The van der Waals surface area contributed by atoms with E-state index in [0.29, 0.717) is 6.42 Å². The number of carbonyl (C=O) groups excluding carboxylic acids is 3. The zero-order chi connectivity index (χ0) is 25.4. The fourth-order valence-corrected chi connectivity index (χ4v) is 3.70. The molecule has 0 bridgehead atoms. The summed E-state index contributed by atoms with van der Waals surface area (Å²) in [4.78, 5) is 53.0. The fraction of sp³-hybridized carbons (Fsp3) is 0.500.